The van der Waals surface area contributed by atoms with Gasteiger partial charge in [-0.3, -0.25) is 0 Å². The smallest absolute Gasteiger partial charge is 0.362 e. The van der Waals surface area contributed by atoms with Gasteiger partial charge in [0.25, 0.3) is 0 Å². The molecule has 0 amide bonds. The number of imidazole rings is 1. The number of methoxy groups -OCH3 is 1. The Hall–Kier alpha value is -2.46. The molecule has 144 valence electrons. The Morgan fingerprint density at radius 2 is 2.04 bits per heavy atom. The number of hydrogen-bond donors (Lipinski definition) is 3. The number of nitrogens with zero attached hydrogens (tertiary/aromatic N) is 1. The number of aromatic nitrogens is 2. The summed E-state index contributed by atoms with van der Waals surface area (Å²) in [6.45, 7) is 3.47. The number of benzene rings is 1. The molecule has 2 aromatic heterocycles. The molecule has 27 heavy (non-hydrogen) atoms. The molecule has 0 spiro atoms. The Bertz CT molecular complexity index is 1040. The second kappa shape index (κ2) is 6.31. The van der Waals surface area contributed by atoms with Crippen LogP contribution in [-0.2, 0) is 9.47 Å². The topological polar surface area (TPSA) is 127 Å². The molecule has 1 saturated heterocycles. The lowest BCUT2D eigenvalue weighted by molar-refractivity contribution is -0.305. The van der Waals surface area contributed by atoms with E-state index in [1.54, 1.807) is 26.0 Å². The largest absolute Gasteiger partial charge is 0.462 e. The maximum Gasteiger partial charge on any atom is 0.362 e. The van der Waals surface area contributed by atoms with Crippen LogP contribution in [0.4, 0.5) is 0 Å². The van der Waals surface area contributed by atoms with Gasteiger partial charge in [0.15, 0.2) is 5.52 Å². The maximum absolute atomic E-state index is 12.0. The van der Waals surface area contributed by atoms with Crippen LogP contribution in [0.3, 0.4) is 0 Å². The Morgan fingerprint density at radius 3 is 2.78 bits per heavy atom. The first-order chi connectivity index (χ1) is 12.8. The van der Waals surface area contributed by atoms with Crippen molar-refractivity contribution in [2.24, 2.45) is 0 Å². The highest BCUT2D eigenvalue weighted by molar-refractivity contribution is 6.00. The molecule has 0 radical (unpaired) electrons. The highest BCUT2D eigenvalue weighted by Crippen LogP contribution is 2.33. The van der Waals surface area contributed by atoms with Crippen LogP contribution in [0.1, 0.15) is 13.8 Å². The van der Waals surface area contributed by atoms with Crippen molar-refractivity contribution in [1.82, 2.24) is 9.97 Å². The fraction of sp³-hybridized carbons (Fsp3) is 0.444. The number of hydrogen-bond acceptors (Lipinski definition) is 8. The van der Waals surface area contributed by atoms with E-state index in [4.69, 9.17) is 18.6 Å². The third-order valence-corrected chi connectivity index (χ3v) is 4.80. The average Bonchev–Trinajstić information content (AvgIpc) is 3.10. The SMILES string of the molecule is COC1[C@H](O)[C@H](O)C(Oc2ccc3c(c2)oc(=O)c2[nH]cnc23)OC1(C)C. The van der Waals surface area contributed by atoms with Crippen molar-refractivity contribution in [3.8, 4) is 5.75 Å². The first-order valence-electron chi connectivity index (χ1n) is 8.45. The number of aliphatic hydroxyl groups excluding tert-OH is 2. The summed E-state index contributed by atoms with van der Waals surface area (Å²) >= 11 is 0. The van der Waals surface area contributed by atoms with Crippen molar-refractivity contribution < 1.29 is 28.8 Å². The van der Waals surface area contributed by atoms with Gasteiger partial charge in [-0.05, 0) is 26.0 Å². The molecule has 2 unspecified atom stereocenters. The molecule has 3 N–H and O–H groups in total. The minimum atomic E-state index is -1.32. The van der Waals surface area contributed by atoms with Crippen molar-refractivity contribution in [2.75, 3.05) is 7.11 Å². The predicted octanol–water partition coefficient (Wildman–Crippen LogP) is 0.920. The molecule has 1 aliphatic heterocycles. The van der Waals surface area contributed by atoms with Crippen LogP contribution < -0.4 is 10.4 Å². The first kappa shape index (κ1) is 17.9. The lowest BCUT2D eigenvalue weighted by Crippen LogP contribution is -2.63. The Morgan fingerprint density at radius 1 is 1.26 bits per heavy atom. The Kier molecular flexibility index (Phi) is 4.19. The molecule has 4 rings (SSSR count). The lowest BCUT2D eigenvalue weighted by Gasteiger charge is -2.46. The van der Waals surface area contributed by atoms with E-state index in [-0.39, 0.29) is 11.1 Å². The van der Waals surface area contributed by atoms with Gasteiger partial charge in [-0.2, -0.15) is 0 Å². The summed E-state index contributed by atoms with van der Waals surface area (Å²) in [4.78, 5) is 18.9. The normalized spacial score (nSPS) is 27.9. The number of rotatable bonds is 3. The van der Waals surface area contributed by atoms with E-state index in [1.165, 1.54) is 19.5 Å². The van der Waals surface area contributed by atoms with Crippen LogP contribution in [0.2, 0.25) is 0 Å². The molecular formula is C18H20N2O7. The number of H-pyrrole nitrogens is 1. The number of fused-ring (bicyclic) bond motifs is 3. The van der Waals surface area contributed by atoms with Crippen molar-refractivity contribution in [1.29, 1.82) is 0 Å². The van der Waals surface area contributed by atoms with Crippen molar-refractivity contribution in [3.05, 3.63) is 34.9 Å². The van der Waals surface area contributed by atoms with Gasteiger partial charge in [0.05, 0.1) is 11.9 Å². The zero-order chi connectivity index (χ0) is 19.3. The van der Waals surface area contributed by atoms with Crippen LogP contribution in [0, 0.1) is 0 Å². The molecule has 1 fully saturated rings. The quantitative estimate of drug-likeness (QED) is 0.576. The second-order valence-corrected chi connectivity index (χ2v) is 7.02. The van der Waals surface area contributed by atoms with Gasteiger partial charge in [-0.25, -0.2) is 9.78 Å². The molecule has 1 aromatic carbocycles. The highest BCUT2D eigenvalue weighted by atomic mass is 16.7. The average molecular weight is 376 g/mol. The monoisotopic (exact) mass is 376 g/mol. The lowest BCUT2D eigenvalue weighted by atomic mass is 9.89. The number of aromatic amines is 1. The molecule has 0 saturated carbocycles. The van der Waals surface area contributed by atoms with E-state index < -0.39 is 35.8 Å². The van der Waals surface area contributed by atoms with Crippen molar-refractivity contribution >= 4 is 22.0 Å². The van der Waals surface area contributed by atoms with Gasteiger partial charge in [-0.1, -0.05) is 0 Å². The van der Waals surface area contributed by atoms with E-state index in [0.29, 0.717) is 16.7 Å². The molecule has 9 heteroatoms. The Balaban J connectivity index is 1.67. The van der Waals surface area contributed by atoms with E-state index in [0.717, 1.165) is 0 Å². The zero-order valence-corrected chi connectivity index (χ0v) is 15.0. The number of ether oxygens (including phenoxy) is 3. The third-order valence-electron chi connectivity index (χ3n) is 4.80. The van der Waals surface area contributed by atoms with Crippen LogP contribution in [0.15, 0.2) is 33.7 Å². The predicted molar refractivity (Wildman–Crippen MR) is 94.5 cm³/mol. The summed E-state index contributed by atoms with van der Waals surface area (Å²) in [6, 6.07) is 4.86. The van der Waals surface area contributed by atoms with Crippen molar-refractivity contribution in [3.63, 3.8) is 0 Å². The fourth-order valence-corrected chi connectivity index (χ4v) is 3.50. The first-order valence-corrected chi connectivity index (χ1v) is 8.45. The zero-order valence-electron chi connectivity index (χ0n) is 15.0. The molecule has 0 bridgehead atoms. The van der Waals surface area contributed by atoms with Crippen molar-refractivity contribution in [2.45, 2.75) is 44.1 Å². The maximum atomic E-state index is 12.0. The van der Waals surface area contributed by atoms with E-state index in [9.17, 15) is 15.0 Å². The molecule has 0 aliphatic carbocycles. The van der Waals surface area contributed by atoms with E-state index in [2.05, 4.69) is 9.97 Å². The molecular weight excluding hydrogens is 356 g/mol. The summed E-state index contributed by atoms with van der Waals surface area (Å²) in [5.41, 5.74) is -0.348. The summed E-state index contributed by atoms with van der Waals surface area (Å²) in [5.74, 6) is 0.309. The molecule has 9 nitrogen and oxygen atoms in total. The molecule has 3 heterocycles. The van der Waals surface area contributed by atoms with Gasteiger partial charge in [0.2, 0.25) is 6.29 Å². The van der Waals surface area contributed by atoms with Gasteiger partial charge in [0, 0.05) is 18.6 Å². The van der Waals surface area contributed by atoms with Crippen LogP contribution in [0.5, 0.6) is 5.75 Å². The Labute approximate surface area is 153 Å². The third kappa shape index (κ3) is 2.88. The summed E-state index contributed by atoms with van der Waals surface area (Å²) in [5, 5.41) is 21.3. The van der Waals surface area contributed by atoms with E-state index in [1.807, 2.05) is 0 Å². The molecule has 3 aromatic rings. The standard InChI is InChI=1S/C18H20N2O7/c1-18(2)15(24-3)13(21)14(22)17(27-18)25-8-4-5-9-10(6-8)26-16(23)12-11(9)19-7-20-12/h4-7,13-15,17,21-22H,1-3H3,(H,19,20)/t13-,14+,15?,17?/m1/s1. The second-order valence-electron chi connectivity index (χ2n) is 7.02. The van der Waals surface area contributed by atoms with Crippen LogP contribution >= 0.6 is 0 Å². The van der Waals surface area contributed by atoms with Gasteiger partial charge in [0.1, 0.15) is 35.2 Å². The van der Waals surface area contributed by atoms with Gasteiger partial charge >= 0.3 is 5.63 Å². The minimum absolute atomic E-state index is 0.289. The van der Waals surface area contributed by atoms with Gasteiger partial charge in [-0.15, -0.1) is 0 Å². The molecule has 4 atom stereocenters. The summed E-state index contributed by atoms with van der Waals surface area (Å²) < 4.78 is 22.1. The minimum Gasteiger partial charge on any atom is -0.462 e. The van der Waals surface area contributed by atoms with Gasteiger partial charge < -0.3 is 33.8 Å². The summed E-state index contributed by atoms with van der Waals surface area (Å²) in [6.07, 6.45) is -2.92. The molecule has 1 aliphatic rings. The van der Waals surface area contributed by atoms with Crippen LogP contribution in [0.25, 0.3) is 22.0 Å². The van der Waals surface area contributed by atoms with Crippen LogP contribution in [-0.4, -0.2) is 57.5 Å². The number of nitrogens with one attached hydrogen (secondary N) is 1. The highest BCUT2D eigenvalue weighted by Gasteiger charge is 2.50. The fourth-order valence-electron chi connectivity index (χ4n) is 3.50. The number of aliphatic hydroxyl groups is 2. The summed E-state index contributed by atoms with van der Waals surface area (Å²) in [7, 11) is 1.44. The van der Waals surface area contributed by atoms with E-state index >= 15 is 0 Å².